The maximum atomic E-state index is 13.4. The Morgan fingerprint density at radius 2 is 2.29 bits per heavy atom. The van der Waals surface area contributed by atoms with Crippen molar-refractivity contribution in [1.29, 1.82) is 0 Å². The van der Waals surface area contributed by atoms with Gasteiger partial charge in [0.1, 0.15) is 5.82 Å². The highest BCUT2D eigenvalue weighted by Gasteiger charge is 2.20. The first-order valence-electron chi connectivity index (χ1n) is 5.18. The minimum atomic E-state index is -0.0786. The molecular weight excluding hydrogens is 179 g/mol. The van der Waals surface area contributed by atoms with Crippen LogP contribution in [0, 0.1) is 11.7 Å². The van der Waals surface area contributed by atoms with Gasteiger partial charge in [0, 0.05) is 6.61 Å². The Bertz CT molecular complexity index is 322. The normalized spacial score (nSPS) is 20.6. The number of benzene rings is 1. The van der Waals surface area contributed by atoms with Crippen molar-refractivity contribution in [2.24, 2.45) is 5.92 Å². The molecule has 0 amide bonds. The molecule has 0 saturated carbocycles. The molecule has 0 fully saturated rings. The summed E-state index contributed by atoms with van der Waals surface area (Å²) in [6.45, 7) is 0.217. The summed E-state index contributed by atoms with van der Waals surface area (Å²) in [5.41, 5.74) is 2.02. The predicted octanol–water partition coefficient (Wildman–Crippen LogP) is 2.31. The van der Waals surface area contributed by atoms with Crippen molar-refractivity contribution in [3.05, 3.63) is 35.1 Å². The third kappa shape index (κ3) is 1.80. The summed E-state index contributed by atoms with van der Waals surface area (Å²) in [5.74, 6) is 0.384. The lowest BCUT2D eigenvalue weighted by atomic mass is 9.82. The number of hydrogen-bond donors (Lipinski definition) is 1. The quantitative estimate of drug-likeness (QED) is 0.766. The van der Waals surface area contributed by atoms with Gasteiger partial charge in [-0.3, -0.25) is 0 Å². The van der Waals surface area contributed by atoms with Crippen molar-refractivity contribution in [2.45, 2.75) is 25.7 Å². The van der Waals surface area contributed by atoms with Gasteiger partial charge >= 0.3 is 0 Å². The third-order valence-electron chi connectivity index (χ3n) is 3.07. The van der Waals surface area contributed by atoms with Crippen LogP contribution in [0.5, 0.6) is 0 Å². The molecule has 0 aromatic heterocycles. The van der Waals surface area contributed by atoms with E-state index in [2.05, 4.69) is 0 Å². The summed E-state index contributed by atoms with van der Waals surface area (Å²) in [6, 6.07) is 5.31. The molecule has 1 unspecified atom stereocenters. The fraction of sp³-hybridized carbons (Fsp3) is 0.500. The molecule has 0 saturated heterocycles. The van der Waals surface area contributed by atoms with Crippen LogP contribution in [-0.2, 0) is 12.8 Å². The third-order valence-corrected chi connectivity index (χ3v) is 3.07. The first-order valence-corrected chi connectivity index (χ1v) is 5.18. The van der Waals surface area contributed by atoms with Gasteiger partial charge in [0.25, 0.3) is 0 Å². The number of aryl methyl sites for hydroxylation is 1. The van der Waals surface area contributed by atoms with E-state index in [9.17, 15) is 4.39 Å². The molecule has 0 spiro atoms. The van der Waals surface area contributed by atoms with Gasteiger partial charge in [0.2, 0.25) is 0 Å². The van der Waals surface area contributed by atoms with Crippen LogP contribution in [0.2, 0.25) is 0 Å². The van der Waals surface area contributed by atoms with Gasteiger partial charge < -0.3 is 5.11 Å². The summed E-state index contributed by atoms with van der Waals surface area (Å²) in [6.07, 6.45) is 3.63. The Kier molecular flexibility index (Phi) is 2.82. The summed E-state index contributed by atoms with van der Waals surface area (Å²) >= 11 is 0. The molecule has 1 atom stereocenters. The molecule has 0 radical (unpaired) electrons. The molecule has 2 rings (SSSR count). The Morgan fingerprint density at radius 3 is 3.07 bits per heavy atom. The van der Waals surface area contributed by atoms with E-state index >= 15 is 0 Å². The topological polar surface area (TPSA) is 20.2 Å². The van der Waals surface area contributed by atoms with Crippen molar-refractivity contribution < 1.29 is 9.50 Å². The molecule has 0 aliphatic heterocycles. The van der Waals surface area contributed by atoms with Gasteiger partial charge in [0.15, 0.2) is 0 Å². The monoisotopic (exact) mass is 194 g/mol. The van der Waals surface area contributed by atoms with Crippen LogP contribution in [0.3, 0.4) is 0 Å². The van der Waals surface area contributed by atoms with E-state index in [1.807, 2.05) is 6.07 Å². The predicted molar refractivity (Wildman–Crippen MR) is 53.6 cm³/mol. The van der Waals surface area contributed by atoms with E-state index < -0.39 is 0 Å². The van der Waals surface area contributed by atoms with Crippen molar-refractivity contribution in [1.82, 2.24) is 0 Å². The summed E-state index contributed by atoms with van der Waals surface area (Å²) in [4.78, 5) is 0. The second kappa shape index (κ2) is 4.09. The lowest BCUT2D eigenvalue weighted by molar-refractivity contribution is 0.247. The second-order valence-corrected chi connectivity index (χ2v) is 4.00. The minimum Gasteiger partial charge on any atom is -0.396 e. The zero-order valence-corrected chi connectivity index (χ0v) is 8.17. The van der Waals surface area contributed by atoms with Crippen LogP contribution in [0.25, 0.3) is 0 Å². The average Bonchev–Trinajstić information content (AvgIpc) is 2.20. The highest BCUT2D eigenvalue weighted by molar-refractivity contribution is 5.31. The van der Waals surface area contributed by atoms with Crippen LogP contribution in [-0.4, -0.2) is 11.7 Å². The maximum Gasteiger partial charge on any atom is 0.126 e. The van der Waals surface area contributed by atoms with Crippen LogP contribution >= 0.6 is 0 Å². The Morgan fingerprint density at radius 1 is 1.43 bits per heavy atom. The molecule has 0 bridgehead atoms. The molecule has 2 heteroatoms. The van der Waals surface area contributed by atoms with Crippen molar-refractivity contribution in [3.8, 4) is 0 Å². The van der Waals surface area contributed by atoms with Gasteiger partial charge in [-0.2, -0.15) is 0 Å². The summed E-state index contributed by atoms with van der Waals surface area (Å²) < 4.78 is 13.4. The molecule has 1 aromatic rings. The number of hydrogen-bond acceptors (Lipinski definition) is 1. The average molecular weight is 194 g/mol. The number of rotatable bonds is 2. The van der Waals surface area contributed by atoms with Crippen LogP contribution < -0.4 is 0 Å². The lowest BCUT2D eigenvalue weighted by Gasteiger charge is -2.24. The number of aliphatic hydroxyl groups is 1. The van der Waals surface area contributed by atoms with E-state index in [1.54, 1.807) is 6.07 Å². The molecule has 1 aromatic carbocycles. The largest absolute Gasteiger partial charge is 0.396 e. The summed E-state index contributed by atoms with van der Waals surface area (Å²) in [5, 5.41) is 8.84. The van der Waals surface area contributed by atoms with Gasteiger partial charge in [-0.1, -0.05) is 12.1 Å². The zero-order valence-electron chi connectivity index (χ0n) is 8.17. The first kappa shape index (κ1) is 9.66. The maximum absolute atomic E-state index is 13.4. The molecular formula is C12H15FO. The molecule has 1 nitrogen and oxygen atoms in total. The number of fused-ring (bicyclic) bond motifs is 1. The van der Waals surface area contributed by atoms with E-state index in [0.717, 1.165) is 36.8 Å². The highest BCUT2D eigenvalue weighted by atomic mass is 19.1. The molecule has 1 N–H and O–H groups in total. The SMILES string of the molecule is OCCC1CCc2cccc(F)c2C1. The van der Waals surface area contributed by atoms with E-state index in [-0.39, 0.29) is 12.4 Å². The Hall–Kier alpha value is -0.890. The van der Waals surface area contributed by atoms with Gasteiger partial charge in [-0.25, -0.2) is 4.39 Å². The number of aliphatic hydroxyl groups excluding tert-OH is 1. The smallest absolute Gasteiger partial charge is 0.126 e. The lowest BCUT2D eigenvalue weighted by Crippen LogP contribution is -2.16. The fourth-order valence-corrected chi connectivity index (χ4v) is 2.25. The Balaban J connectivity index is 2.20. The van der Waals surface area contributed by atoms with E-state index in [1.165, 1.54) is 6.07 Å². The van der Waals surface area contributed by atoms with Gasteiger partial charge in [-0.05, 0) is 48.8 Å². The standard InChI is InChI=1S/C12H15FO/c13-12-3-1-2-10-5-4-9(6-7-14)8-11(10)12/h1-3,9,14H,4-8H2. The molecule has 1 aliphatic carbocycles. The van der Waals surface area contributed by atoms with Gasteiger partial charge in [-0.15, -0.1) is 0 Å². The molecule has 1 aliphatic rings. The van der Waals surface area contributed by atoms with Gasteiger partial charge in [0.05, 0.1) is 0 Å². The van der Waals surface area contributed by atoms with Crippen LogP contribution in [0.1, 0.15) is 24.0 Å². The van der Waals surface area contributed by atoms with Crippen LogP contribution in [0.4, 0.5) is 4.39 Å². The summed E-state index contributed by atoms with van der Waals surface area (Å²) in [7, 11) is 0. The van der Waals surface area contributed by atoms with Crippen LogP contribution in [0.15, 0.2) is 18.2 Å². The first-order chi connectivity index (χ1) is 6.81. The highest BCUT2D eigenvalue weighted by Crippen LogP contribution is 2.28. The Labute approximate surface area is 83.6 Å². The van der Waals surface area contributed by atoms with Crippen molar-refractivity contribution in [3.63, 3.8) is 0 Å². The molecule has 0 heterocycles. The number of halogens is 1. The molecule has 14 heavy (non-hydrogen) atoms. The zero-order chi connectivity index (χ0) is 9.97. The minimum absolute atomic E-state index is 0.0786. The second-order valence-electron chi connectivity index (χ2n) is 4.00. The van der Waals surface area contributed by atoms with E-state index in [4.69, 9.17) is 5.11 Å². The fourth-order valence-electron chi connectivity index (χ4n) is 2.25. The molecule has 76 valence electrons. The van der Waals surface area contributed by atoms with E-state index in [0.29, 0.717) is 5.92 Å². The van der Waals surface area contributed by atoms with Crippen molar-refractivity contribution in [2.75, 3.05) is 6.61 Å². The van der Waals surface area contributed by atoms with Crippen molar-refractivity contribution >= 4 is 0 Å².